The van der Waals surface area contributed by atoms with E-state index in [-0.39, 0.29) is 0 Å². The maximum atomic E-state index is 4.08. The minimum Gasteiger partial charge on any atom is -0.309 e. The molecule has 0 bridgehead atoms. The molecule has 0 aliphatic heterocycles. The van der Waals surface area contributed by atoms with E-state index >= 15 is 0 Å². The maximum absolute atomic E-state index is 4.08. The number of hydrogen-bond acceptors (Lipinski definition) is 5. The van der Waals surface area contributed by atoms with E-state index < -0.39 is 0 Å². The van der Waals surface area contributed by atoms with Gasteiger partial charge in [0.05, 0.1) is 0 Å². The molecule has 0 amide bonds. The van der Waals surface area contributed by atoms with Gasteiger partial charge in [-0.1, -0.05) is 59.3 Å². The third-order valence-corrected chi connectivity index (χ3v) is 4.76. The minimum absolute atomic E-state index is 0.359. The highest BCUT2D eigenvalue weighted by molar-refractivity contribution is 8.01. The quantitative estimate of drug-likeness (QED) is 0.826. The third-order valence-electron chi connectivity index (χ3n) is 2.81. The standard InChI is InChI=1S/C14H19N3S2/c1-4-15-13(8-18-14-17-16-9-19-14)12-6-10(2)5-11(3)7-12/h5-7,9,13,15H,4,8H2,1-3H3. The van der Waals surface area contributed by atoms with Gasteiger partial charge in [0.15, 0.2) is 4.34 Å². The summed E-state index contributed by atoms with van der Waals surface area (Å²) in [6.45, 7) is 7.41. The van der Waals surface area contributed by atoms with Crippen LogP contribution in [0.2, 0.25) is 0 Å². The van der Waals surface area contributed by atoms with Gasteiger partial charge in [0, 0.05) is 11.8 Å². The first-order valence-electron chi connectivity index (χ1n) is 6.39. The van der Waals surface area contributed by atoms with Crippen LogP contribution in [0.5, 0.6) is 0 Å². The van der Waals surface area contributed by atoms with E-state index in [2.05, 4.69) is 54.5 Å². The second-order valence-corrected chi connectivity index (χ2v) is 6.65. The van der Waals surface area contributed by atoms with Gasteiger partial charge in [0.1, 0.15) is 5.51 Å². The number of rotatable bonds is 6. The fraction of sp³-hybridized carbons (Fsp3) is 0.429. The van der Waals surface area contributed by atoms with Crippen LogP contribution in [0.3, 0.4) is 0 Å². The number of thioether (sulfide) groups is 1. The van der Waals surface area contributed by atoms with Crippen LogP contribution in [0.25, 0.3) is 0 Å². The second-order valence-electron chi connectivity index (χ2n) is 4.55. The molecule has 1 heterocycles. The lowest BCUT2D eigenvalue weighted by molar-refractivity contribution is 0.605. The highest BCUT2D eigenvalue weighted by atomic mass is 32.2. The molecule has 102 valence electrons. The molecule has 19 heavy (non-hydrogen) atoms. The monoisotopic (exact) mass is 293 g/mol. The maximum Gasteiger partial charge on any atom is 0.174 e. The van der Waals surface area contributed by atoms with Crippen molar-refractivity contribution in [2.45, 2.75) is 31.2 Å². The molecule has 1 N–H and O–H groups in total. The average Bonchev–Trinajstić information content (AvgIpc) is 2.86. The molecule has 0 spiro atoms. The Morgan fingerprint density at radius 1 is 1.26 bits per heavy atom. The van der Waals surface area contributed by atoms with E-state index in [1.54, 1.807) is 28.6 Å². The van der Waals surface area contributed by atoms with Crippen LogP contribution in [-0.2, 0) is 0 Å². The van der Waals surface area contributed by atoms with Crippen LogP contribution in [0.1, 0.15) is 29.7 Å². The summed E-state index contributed by atoms with van der Waals surface area (Å²) in [6, 6.07) is 7.10. The third kappa shape index (κ3) is 4.30. The van der Waals surface area contributed by atoms with Gasteiger partial charge in [0.2, 0.25) is 0 Å². The summed E-state index contributed by atoms with van der Waals surface area (Å²) in [5.41, 5.74) is 5.77. The molecule has 0 fully saturated rings. The highest BCUT2D eigenvalue weighted by Gasteiger charge is 2.12. The molecule has 1 aromatic carbocycles. The Morgan fingerprint density at radius 2 is 2.00 bits per heavy atom. The summed E-state index contributed by atoms with van der Waals surface area (Å²) >= 11 is 3.36. The molecular formula is C14H19N3S2. The van der Waals surface area contributed by atoms with E-state index in [9.17, 15) is 0 Å². The van der Waals surface area contributed by atoms with Gasteiger partial charge < -0.3 is 5.32 Å². The number of hydrogen-bond donors (Lipinski definition) is 1. The Balaban J connectivity index is 2.09. The Bertz CT molecular complexity index is 491. The van der Waals surface area contributed by atoms with Gasteiger partial charge in [0.25, 0.3) is 0 Å². The van der Waals surface area contributed by atoms with Gasteiger partial charge in [-0.2, -0.15) is 0 Å². The van der Waals surface area contributed by atoms with Crippen LogP contribution >= 0.6 is 23.1 Å². The van der Waals surface area contributed by atoms with Gasteiger partial charge >= 0.3 is 0 Å². The summed E-state index contributed by atoms with van der Waals surface area (Å²) in [4.78, 5) is 0. The summed E-state index contributed by atoms with van der Waals surface area (Å²) < 4.78 is 1.03. The van der Waals surface area contributed by atoms with Crippen molar-refractivity contribution in [2.24, 2.45) is 0 Å². The summed E-state index contributed by atoms with van der Waals surface area (Å²) in [5.74, 6) is 0.978. The highest BCUT2D eigenvalue weighted by Crippen LogP contribution is 2.26. The zero-order valence-corrected chi connectivity index (χ0v) is 13.1. The van der Waals surface area contributed by atoms with E-state index in [1.807, 2.05) is 0 Å². The number of aromatic nitrogens is 2. The average molecular weight is 293 g/mol. The zero-order valence-electron chi connectivity index (χ0n) is 11.5. The molecule has 1 aromatic heterocycles. The SMILES string of the molecule is CCNC(CSc1nncs1)c1cc(C)cc(C)c1. The predicted molar refractivity (Wildman–Crippen MR) is 83.0 cm³/mol. The molecule has 3 nitrogen and oxygen atoms in total. The van der Waals surface area contributed by atoms with Crippen molar-refractivity contribution < 1.29 is 0 Å². The zero-order chi connectivity index (χ0) is 13.7. The Morgan fingerprint density at radius 3 is 2.58 bits per heavy atom. The molecular weight excluding hydrogens is 274 g/mol. The number of aryl methyl sites for hydroxylation is 2. The first-order chi connectivity index (χ1) is 9.19. The molecule has 0 saturated carbocycles. The fourth-order valence-electron chi connectivity index (χ4n) is 2.11. The first-order valence-corrected chi connectivity index (χ1v) is 8.26. The van der Waals surface area contributed by atoms with Crippen LogP contribution in [-0.4, -0.2) is 22.5 Å². The lowest BCUT2D eigenvalue weighted by Crippen LogP contribution is -2.23. The number of nitrogens with one attached hydrogen (secondary N) is 1. The molecule has 2 aromatic rings. The van der Waals surface area contributed by atoms with E-state index in [0.29, 0.717) is 6.04 Å². The summed E-state index contributed by atoms with van der Waals surface area (Å²) in [7, 11) is 0. The molecule has 0 radical (unpaired) electrons. The lowest BCUT2D eigenvalue weighted by Gasteiger charge is -2.18. The summed E-state index contributed by atoms with van der Waals surface area (Å²) in [6.07, 6.45) is 0. The fourth-order valence-corrected chi connectivity index (χ4v) is 3.72. The Labute approximate surface area is 122 Å². The van der Waals surface area contributed by atoms with Crippen molar-refractivity contribution in [3.8, 4) is 0 Å². The van der Waals surface area contributed by atoms with Crippen molar-refractivity contribution in [1.82, 2.24) is 15.5 Å². The number of nitrogens with zero attached hydrogens (tertiary/aromatic N) is 2. The predicted octanol–water partition coefficient (Wildman–Crippen LogP) is 3.60. The molecule has 0 saturated heterocycles. The Kier molecular flexibility index (Phi) is 5.36. The van der Waals surface area contributed by atoms with Crippen LogP contribution in [0.4, 0.5) is 0 Å². The van der Waals surface area contributed by atoms with Gasteiger partial charge in [-0.05, 0) is 26.0 Å². The molecule has 2 rings (SSSR count). The van der Waals surface area contributed by atoms with Gasteiger partial charge in [-0.25, -0.2) is 0 Å². The van der Waals surface area contributed by atoms with Crippen LogP contribution in [0, 0.1) is 13.8 Å². The number of benzene rings is 1. The largest absolute Gasteiger partial charge is 0.309 e. The minimum atomic E-state index is 0.359. The van der Waals surface area contributed by atoms with Crippen molar-refractivity contribution in [3.05, 3.63) is 40.4 Å². The van der Waals surface area contributed by atoms with Crippen molar-refractivity contribution in [2.75, 3.05) is 12.3 Å². The van der Waals surface area contributed by atoms with E-state index in [1.165, 1.54) is 16.7 Å². The van der Waals surface area contributed by atoms with E-state index in [0.717, 1.165) is 16.6 Å². The van der Waals surface area contributed by atoms with Gasteiger partial charge in [-0.15, -0.1) is 10.2 Å². The Hall–Kier alpha value is -0.910. The van der Waals surface area contributed by atoms with Crippen LogP contribution in [0.15, 0.2) is 28.0 Å². The van der Waals surface area contributed by atoms with E-state index in [4.69, 9.17) is 0 Å². The lowest BCUT2D eigenvalue weighted by atomic mass is 10.0. The normalized spacial score (nSPS) is 12.6. The van der Waals surface area contributed by atoms with Crippen molar-refractivity contribution >= 4 is 23.1 Å². The molecule has 5 heteroatoms. The molecule has 1 unspecified atom stereocenters. The second kappa shape index (κ2) is 7.03. The first kappa shape index (κ1) is 14.5. The van der Waals surface area contributed by atoms with Crippen molar-refractivity contribution in [1.29, 1.82) is 0 Å². The molecule has 0 aliphatic carbocycles. The topological polar surface area (TPSA) is 37.8 Å². The van der Waals surface area contributed by atoms with Crippen LogP contribution < -0.4 is 5.32 Å². The summed E-state index contributed by atoms with van der Waals surface area (Å²) in [5, 5.41) is 11.5. The van der Waals surface area contributed by atoms with Crippen molar-refractivity contribution in [3.63, 3.8) is 0 Å². The smallest absolute Gasteiger partial charge is 0.174 e. The molecule has 0 aliphatic rings. The van der Waals surface area contributed by atoms with Gasteiger partial charge in [-0.3, -0.25) is 0 Å². The molecule has 1 atom stereocenters.